The quantitative estimate of drug-likeness (QED) is 0.411. The molecule has 7 nitrogen and oxygen atoms in total. The number of hydrogen-bond donors (Lipinski definition) is 1. The first-order chi connectivity index (χ1) is 16.0. The van der Waals surface area contributed by atoms with E-state index in [4.69, 9.17) is 34.8 Å². The molecular formula is C23H28Cl3N3O4S. The van der Waals surface area contributed by atoms with Gasteiger partial charge in [-0.25, -0.2) is 8.42 Å². The van der Waals surface area contributed by atoms with Gasteiger partial charge in [0, 0.05) is 33.7 Å². The zero-order valence-electron chi connectivity index (χ0n) is 19.2. The van der Waals surface area contributed by atoms with Gasteiger partial charge in [0.25, 0.3) is 0 Å². The molecule has 0 aromatic heterocycles. The molecule has 0 unspecified atom stereocenters. The van der Waals surface area contributed by atoms with E-state index in [0.29, 0.717) is 27.2 Å². The summed E-state index contributed by atoms with van der Waals surface area (Å²) in [5.74, 6) is -0.960. The number of carbonyl (C=O) groups is 2. The van der Waals surface area contributed by atoms with E-state index in [1.54, 1.807) is 37.3 Å². The zero-order valence-corrected chi connectivity index (χ0v) is 22.3. The van der Waals surface area contributed by atoms with Crippen molar-refractivity contribution in [3.05, 3.63) is 63.1 Å². The zero-order chi connectivity index (χ0) is 25.5. The minimum Gasteiger partial charge on any atom is -0.354 e. The molecule has 1 N–H and O–H groups in total. The summed E-state index contributed by atoms with van der Waals surface area (Å²) < 4.78 is 26.0. The smallest absolute Gasteiger partial charge is 0.244 e. The van der Waals surface area contributed by atoms with Gasteiger partial charge in [-0.05, 0) is 43.7 Å². The molecule has 0 saturated carbocycles. The molecule has 0 fully saturated rings. The standard InChI is InChI=1S/C23H28Cl3N3O4S/c1-4-5-12-27-23(31)16(2)28(14-19-20(25)10-7-11-21(19)26)22(30)15-29(34(3,32)33)18-9-6-8-17(24)13-18/h6-11,13,16H,4-5,12,14-15H2,1-3H3,(H,27,31)/t16-/m0/s1. The van der Waals surface area contributed by atoms with Crippen LogP contribution in [0, 0.1) is 0 Å². The van der Waals surface area contributed by atoms with Crippen LogP contribution in [0.5, 0.6) is 0 Å². The van der Waals surface area contributed by atoms with E-state index in [2.05, 4.69) is 5.32 Å². The summed E-state index contributed by atoms with van der Waals surface area (Å²) in [6, 6.07) is 10.2. The molecule has 0 aliphatic heterocycles. The molecule has 2 aromatic carbocycles. The second-order valence-corrected chi connectivity index (χ2v) is 10.9. The molecule has 0 aliphatic rings. The SMILES string of the molecule is CCCCNC(=O)[C@H](C)N(Cc1c(Cl)cccc1Cl)C(=O)CN(c1cccc(Cl)c1)S(C)(=O)=O. The van der Waals surface area contributed by atoms with Crippen LogP contribution in [0.15, 0.2) is 42.5 Å². The number of nitrogens with one attached hydrogen (secondary N) is 1. The lowest BCUT2D eigenvalue weighted by Gasteiger charge is -2.32. The third-order valence-corrected chi connectivity index (χ3v) is 7.25. The van der Waals surface area contributed by atoms with Gasteiger partial charge in [0.2, 0.25) is 21.8 Å². The van der Waals surface area contributed by atoms with Gasteiger partial charge in [-0.1, -0.05) is 60.3 Å². The average Bonchev–Trinajstić information content (AvgIpc) is 2.76. The lowest BCUT2D eigenvalue weighted by Crippen LogP contribution is -2.51. The van der Waals surface area contributed by atoms with Crippen LogP contribution in [0.1, 0.15) is 32.3 Å². The van der Waals surface area contributed by atoms with Gasteiger partial charge in [0.15, 0.2) is 0 Å². The largest absolute Gasteiger partial charge is 0.354 e. The van der Waals surface area contributed by atoms with Crippen molar-refractivity contribution in [3.63, 3.8) is 0 Å². The third-order valence-electron chi connectivity index (χ3n) is 5.16. The summed E-state index contributed by atoms with van der Waals surface area (Å²) in [6.45, 7) is 3.43. The first kappa shape index (κ1) is 28.2. The average molecular weight is 549 g/mol. The van der Waals surface area contributed by atoms with E-state index in [1.807, 2.05) is 6.92 Å². The first-order valence-corrected chi connectivity index (χ1v) is 13.7. The van der Waals surface area contributed by atoms with E-state index in [-0.39, 0.29) is 18.1 Å². The topological polar surface area (TPSA) is 86.8 Å². The molecule has 0 aliphatic carbocycles. The molecule has 2 amide bonds. The number of nitrogens with zero attached hydrogens (tertiary/aromatic N) is 2. The Labute approximate surface area is 216 Å². The number of amides is 2. The van der Waals surface area contributed by atoms with Crippen molar-refractivity contribution < 1.29 is 18.0 Å². The number of rotatable bonds is 11. The normalized spacial score (nSPS) is 12.2. The third kappa shape index (κ3) is 7.77. The van der Waals surface area contributed by atoms with E-state index in [1.165, 1.54) is 17.0 Å². The molecule has 34 heavy (non-hydrogen) atoms. The van der Waals surface area contributed by atoms with Gasteiger partial charge >= 0.3 is 0 Å². The van der Waals surface area contributed by atoms with Crippen molar-refractivity contribution in [3.8, 4) is 0 Å². The predicted octanol–water partition coefficient (Wildman–Crippen LogP) is 4.75. The molecule has 186 valence electrons. The Morgan fingerprint density at radius 2 is 1.68 bits per heavy atom. The fourth-order valence-corrected chi connectivity index (χ4v) is 4.76. The fraction of sp³-hybridized carbons (Fsp3) is 0.391. The maximum absolute atomic E-state index is 13.5. The monoisotopic (exact) mass is 547 g/mol. The molecule has 0 spiro atoms. The Morgan fingerprint density at radius 3 is 2.24 bits per heavy atom. The van der Waals surface area contributed by atoms with E-state index >= 15 is 0 Å². The first-order valence-electron chi connectivity index (χ1n) is 10.7. The lowest BCUT2D eigenvalue weighted by atomic mass is 10.1. The van der Waals surface area contributed by atoms with E-state index in [9.17, 15) is 18.0 Å². The second-order valence-electron chi connectivity index (χ2n) is 7.79. The number of benzene rings is 2. The Kier molecular flexibility index (Phi) is 10.5. The Balaban J connectivity index is 2.41. The van der Waals surface area contributed by atoms with Gasteiger partial charge in [-0.3, -0.25) is 13.9 Å². The number of hydrogen-bond acceptors (Lipinski definition) is 4. The van der Waals surface area contributed by atoms with Gasteiger partial charge in [0.1, 0.15) is 12.6 Å². The number of anilines is 1. The number of carbonyl (C=O) groups excluding carboxylic acids is 2. The summed E-state index contributed by atoms with van der Waals surface area (Å²) in [4.78, 5) is 27.6. The summed E-state index contributed by atoms with van der Waals surface area (Å²) in [7, 11) is -3.84. The van der Waals surface area contributed by atoms with Gasteiger partial charge in [-0.2, -0.15) is 0 Å². The fourth-order valence-electron chi connectivity index (χ4n) is 3.22. The molecule has 11 heteroatoms. The predicted molar refractivity (Wildman–Crippen MR) is 138 cm³/mol. The molecule has 2 rings (SSSR count). The molecular weight excluding hydrogens is 521 g/mol. The highest BCUT2D eigenvalue weighted by Crippen LogP contribution is 2.27. The number of halogens is 3. The number of unbranched alkanes of at least 4 members (excludes halogenated alkanes) is 1. The highest BCUT2D eigenvalue weighted by atomic mass is 35.5. The van der Waals surface area contributed by atoms with Gasteiger partial charge in [-0.15, -0.1) is 0 Å². The van der Waals surface area contributed by atoms with Crippen molar-refractivity contribution in [1.82, 2.24) is 10.2 Å². The molecule has 1 atom stereocenters. The molecule has 0 bridgehead atoms. The summed E-state index contributed by atoms with van der Waals surface area (Å²) in [5.41, 5.74) is 0.695. The van der Waals surface area contributed by atoms with Crippen LogP contribution in [0.2, 0.25) is 15.1 Å². The van der Waals surface area contributed by atoms with Crippen LogP contribution in [0.4, 0.5) is 5.69 Å². The minimum atomic E-state index is -3.84. The van der Waals surface area contributed by atoms with Crippen LogP contribution in [0.25, 0.3) is 0 Å². The van der Waals surface area contributed by atoms with Gasteiger partial charge in [0.05, 0.1) is 11.9 Å². The van der Waals surface area contributed by atoms with E-state index < -0.39 is 28.5 Å². The molecule has 0 saturated heterocycles. The van der Waals surface area contributed by atoms with Crippen molar-refractivity contribution in [1.29, 1.82) is 0 Å². The van der Waals surface area contributed by atoms with Gasteiger partial charge < -0.3 is 10.2 Å². The Hall–Kier alpha value is -2.00. The number of sulfonamides is 1. The van der Waals surface area contributed by atoms with Crippen molar-refractivity contribution in [2.24, 2.45) is 0 Å². The summed E-state index contributed by atoms with van der Waals surface area (Å²) >= 11 is 18.7. The maximum atomic E-state index is 13.5. The Morgan fingerprint density at radius 1 is 1.06 bits per heavy atom. The molecule has 0 heterocycles. The maximum Gasteiger partial charge on any atom is 0.244 e. The van der Waals surface area contributed by atoms with E-state index in [0.717, 1.165) is 23.4 Å². The highest BCUT2D eigenvalue weighted by Gasteiger charge is 2.30. The van der Waals surface area contributed by atoms with Crippen molar-refractivity contribution in [2.75, 3.05) is 23.7 Å². The minimum absolute atomic E-state index is 0.0765. The summed E-state index contributed by atoms with van der Waals surface area (Å²) in [5, 5.41) is 3.79. The van der Waals surface area contributed by atoms with Crippen LogP contribution < -0.4 is 9.62 Å². The highest BCUT2D eigenvalue weighted by molar-refractivity contribution is 7.92. The molecule has 2 aromatic rings. The lowest BCUT2D eigenvalue weighted by molar-refractivity contribution is -0.139. The summed E-state index contributed by atoms with van der Waals surface area (Å²) in [6.07, 6.45) is 2.69. The van der Waals surface area contributed by atoms with Crippen LogP contribution in [-0.2, 0) is 26.2 Å². The Bertz CT molecular complexity index is 1110. The second kappa shape index (κ2) is 12.6. The van der Waals surface area contributed by atoms with Crippen molar-refractivity contribution >= 4 is 62.3 Å². The van der Waals surface area contributed by atoms with Crippen molar-refractivity contribution in [2.45, 2.75) is 39.3 Å². The van der Waals surface area contributed by atoms with Crippen LogP contribution >= 0.6 is 34.8 Å². The van der Waals surface area contributed by atoms with Crippen LogP contribution in [0.3, 0.4) is 0 Å². The molecule has 0 radical (unpaired) electrons. The van der Waals surface area contributed by atoms with Crippen LogP contribution in [-0.4, -0.2) is 50.5 Å².